The molecule has 2 heterocycles. The van der Waals surface area contributed by atoms with Gasteiger partial charge in [-0.2, -0.15) is 0 Å². The summed E-state index contributed by atoms with van der Waals surface area (Å²) in [6.45, 7) is 4.37. The number of ether oxygens (including phenoxy) is 1. The van der Waals surface area contributed by atoms with Crippen LogP contribution in [-0.2, 0) is 22.5 Å². The van der Waals surface area contributed by atoms with Crippen LogP contribution in [0.2, 0.25) is 0 Å². The number of amides is 2. The number of hydrogen-bond donors (Lipinski definition) is 2. The van der Waals surface area contributed by atoms with Gasteiger partial charge in [0.05, 0.1) is 25.3 Å². The van der Waals surface area contributed by atoms with Crippen LogP contribution in [0.1, 0.15) is 21.6 Å². The summed E-state index contributed by atoms with van der Waals surface area (Å²) in [5.41, 5.74) is 9.28. The van der Waals surface area contributed by atoms with E-state index in [9.17, 15) is 9.59 Å². The van der Waals surface area contributed by atoms with Crippen LogP contribution in [0.25, 0.3) is 10.6 Å². The molecule has 2 amide bonds. The summed E-state index contributed by atoms with van der Waals surface area (Å²) < 4.78 is 5.42. The van der Waals surface area contributed by atoms with Crippen molar-refractivity contribution in [3.63, 3.8) is 0 Å². The molecule has 0 bridgehead atoms. The third-order valence-corrected chi connectivity index (χ3v) is 5.97. The summed E-state index contributed by atoms with van der Waals surface area (Å²) in [4.78, 5) is 30.5. The minimum Gasteiger partial charge on any atom is -0.379 e. The maximum atomic E-state index is 12.4. The average Bonchev–Trinajstić information content (AvgIpc) is 3.23. The molecule has 0 aliphatic carbocycles. The number of morpholine rings is 1. The molecule has 1 aliphatic heterocycles. The monoisotopic (exact) mass is 436 g/mol. The van der Waals surface area contributed by atoms with Crippen LogP contribution in [0, 0.1) is 0 Å². The van der Waals surface area contributed by atoms with Crippen LogP contribution in [0.15, 0.2) is 53.9 Å². The Morgan fingerprint density at radius 1 is 1.13 bits per heavy atom. The number of benzene rings is 2. The lowest BCUT2D eigenvalue weighted by Gasteiger charge is -2.26. The first-order valence-corrected chi connectivity index (χ1v) is 11.0. The molecule has 160 valence electrons. The van der Waals surface area contributed by atoms with Crippen molar-refractivity contribution >= 4 is 28.8 Å². The Bertz CT molecular complexity index is 1060. The summed E-state index contributed by atoms with van der Waals surface area (Å²) in [5, 5.41) is 5.63. The van der Waals surface area contributed by atoms with Crippen molar-refractivity contribution in [1.82, 2.24) is 9.88 Å². The Kier molecular flexibility index (Phi) is 6.71. The number of rotatable bonds is 7. The third kappa shape index (κ3) is 5.75. The first-order valence-electron chi connectivity index (χ1n) is 10.1. The summed E-state index contributed by atoms with van der Waals surface area (Å²) in [7, 11) is 0. The molecule has 1 aliphatic rings. The predicted octanol–water partition coefficient (Wildman–Crippen LogP) is 2.92. The van der Waals surface area contributed by atoms with E-state index in [2.05, 4.69) is 33.4 Å². The highest BCUT2D eigenvalue weighted by molar-refractivity contribution is 7.13. The molecule has 3 aromatic rings. The van der Waals surface area contributed by atoms with E-state index in [1.165, 1.54) is 16.9 Å². The number of nitrogens with two attached hydrogens (primary N) is 1. The topological polar surface area (TPSA) is 97.5 Å². The van der Waals surface area contributed by atoms with E-state index in [0.29, 0.717) is 11.3 Å². The lowest BCUT2D eigenvalue weighted by molar-refractivity contribution is -0.115. The minimum absolute atomic E-state index is 0.162. The van der Waals surface area contributed by atoms with Gasteiger partial charge in [-0.25, -0.2) is 4.98 Å². The van der Waals surface area contributed by atoms with Crippen molar-refractivity contribution in [2.24, 2.45) is 5.73 Å². The standard InChI is InChI=1S/C23H24N4O3S/c24-22(29)17-4-6-19(7-5-17)25-21(28)13-20-15-31-23(26-20)18-3-1-2-16(12-18)14-27-8-10-30-11-9-27/h1-7,12,15H,8-11,13-14H2,(H2,24,29)(H,25,28). The highest BCUT2D eigenvalue weighted by Crippen LogP contribution is 2.25. The summed E-state index contributed by atoms with van der Waals surface area (Å²) in [6, 6.07) is 14.9. The van der Waals surface area contributed by atoms with E-state index in [1.54, 1.807) is 24.3 Å². The first-order chi connectivity index (χ1) is 15.1. The molecule has 4 rings (SSSR count). The Balaban J connectivity index is 1.37. The van der Waals surface area contributed by atoms with Gasteiger partial charge in [0.25, 0.3) is 0 Å². The zero-order valence-corrected chi connectivity index (χ0v) is 17.9. The maximum Gasteiger partial charge on any atom is 0.248 e. The Labute approximate surface area is 184 Å². The Hall–Kier alpha value is -3.07. The van der Waals surface area contributed by atoms with E-state index in [1.807, 2.05) is 11.4 Å². The lowest BCUT2D eigenvalue weighted by Crippen LogP contribution is -2.35. The molecule has 1 aromatic heterocycles. The van der Waals surface area contributed by atoms with Gasteiger partial charge in [-0.3, -0.25) is 14.5 Å². The predicted molar refractivity (Wildman–Crippen MR) is 121 cm³/mol. The highest BCUT2D eigenvalue weighted by atomic mass is 32.1. The Morgan fingerprint density at radius 3 is 2.65 bits per heavy atom. The average molecular weight is 437 g/mol. The molecule has 1 fully saturated rings. The molecule has 0 radical (unpaired) electrons. The molecule has 0 saturated carbocycles. The van der Waals surface area contributed by atoms with Gasteiger partial charge in [0, 0.05) is 41.8 Å². The molecule has 3 N–H and O–H groups in total. The lowest BCUT2D eigenvalue weighted by atomic mass is 10.1. The van der Waals surface area contributed by atoms with Crippen LogP contribution in [0.4, 0.5) is 5.69 Å². The molecule has 8 heteroatoms. The van der Waals surface area contributed by atoms with Crippen molar-refractivity contribution in [2.45, 2.75) is 13.0 Å². The normalized spacial score (nSPS) is 14.3. The SMILES string of the molecule is NC(=O)c1ccc(NC(=O)Cc2csc(-c3cccc(CN4CCOCC4)c3)n2)cc1. The fourth-order valence-corrected chi connectivity index (χ4v) is 4.25. The van der Waals surface area contributed by atoms with Crippen LogP contribution in [-0.4, -0.2) is 48.0 Å². The van der Waals surface area contributed by atoms with Crippen LogP contribution < -0.4 is 11.1 Å². The molecule has 0 spiro atoms. The number of nitrogens with zero attached hydrogens (tertiary/aromatic N) is 2. The van der Waals surface area contributed by atoms with E-state index >= 15 is 0 Å². The number of primary amides is 1. The maximum absolute atomic E-state index is 12.4. The van der Waals surface area contributed by atoms with Crippen LogP contribution in [0.3, 0.4) is 0 Å². The molecule has 2 aromatic carbocycles. The summed E-state index contributed by atoms with van der Waals surface area (Å²) >= 11 is 1.53. The fourth-order valence-electron chi connectivity index (χ4n) is 3.43. The van der Waals surface area contributed by atoms with Gasteiger partial charge in [0.1, 0.15) is 5.01 Å². The van der Waals surface area contributed by atoms with Crippen molar-refractivity contribution < 1.29 is 14.3 Å². The number of thiazole rings is 1. The number of hydrogen-bond acceptors (Lipinski definition) is 6. The number of carbonyl (C=O) groups is 2. The number of aromatic nitrogens is 1. The van der Waals surface area contributed by atoms with Crippen molar-refractivity contribution in [2.75, 3.05) is 31.6 Å². The van der Waals surface area contributed by atoms with Crippen LogP contribution >= 0.6 is 11.3 Å². The minimum atomic E-state index is -0.498. The largest absolute Gasteiger partial charge is 0.379 e. The summed E-state index contributed by atoms with van der Waals surface area (Å²) in [5.74, 6) is -0.661. The second-order valence-corrected chi connectivity index (χ2v) is 8.26. The second kappa shape index (κ2) is 9.82. The van der Waals surface area contributed by atoms with Gasteiger partial charge in [0.2, 0.25) is 11.8 Å². The third-order valence-electron chi connectivity index (χ3n) is 5.03. The molecule has 0 atom stereocenters. The number of carbonyl (C=O) groups excluding carboxylic acids is 2. The van der Waals surface area contributed by atoms with Gasteiger partial charge < -0.3 is 15.8 Å². The molecular formula is C23H24N4O3S. The Morgan fingerprint density at radius 2 is 1.90 bits per heavy atom. The van der Waals surface area contributed by atoms with E-state index < -0.39 is 5.91 Å². The van der Waals surface area contributed by atoms with E-state index in [-0.39, 0.29) is 12.3 Å². The van der Waals surface area contributed by atoms with E-state index in [0.717, 1.165) is 49.1 Å². The quantitative estimate of drug-likeness (QED) is 0.594. The molecule has 0 unspecified atom stereocenters. The van der Waals surface area contributed by atoms with Gasteiger partial charge in [-0.1, -0.05) is 18.2 Å². The zero-order chi connectivity index (χ0) is 21.6. The van der Waals surface area contributed by atoms with Crippen molar-refractivity contribution in [3.8, 4) is 10.6 Å². The second-order valence-electron chi connectivity index (χ2n) is 7.40. The fraction of sp³-hybridized carbons (Fsp3) is 0.261. The molecular weight excluding hydrogens is 412 g/mol. The first kappa shape index (κ1) is 21.2. The van der Waals surface area contributed by atoms with Crippen molar-refractivity contribution in [1.29, 1.82) is 0 Å². The van der Waals surface area contributed by atoms with Crippen molar-refractivity contribution in [3.05, 3.63) is 70.7 Å². The van der Waals surface area contributed by atoms with Gasteiger partial charge in [-0.05, 0) is 35.9 Å². The molecule has 31 heavy (non-hydrogen) atoms. The van der Waals surface area contributed by atoms with E-state index in [4.69, 9.17) is 10.5 Å². The molecule has 1 saturated heterocycles. The zero-order valence-electron chi connectivity index (χ0n) is 17.0. The summed E-state index contributed by atoms with van der Waals surface area (Å²) in [6.07, 6.45) is 0.182. The molecule has 7 nitrogen and oxygen atoms in total. The van der Waals surface area contributed by atoms with Crippen LogP contribution in [0.5, 0.6) is 0 Å². The number of anilines is 1. The van der Waals surface area contributed by atoms with Gasteiger partial charge in [-0.15, -0.1) is 11.3 Å². The highest BCUT2D eigenvalue weighted by Gasteiger charge is 2.13. The smallest absolute Gasteiger partial charge is 0.248 e. The van der Waals surface area contributed by atoms with Gasteiger partial charge >= 0.3 is 0 Å². The number of nitrogens with one attached hydrogen (secondary N) is 1. The van der Waals surface area contributed by atoms with Gasteiger partial charge in [0.15, 0.2) is 0 Å².